The molecule has 0 radical (unpaired) electrons. The summed E-state index contributed by atoms with van der Waals surface area (Å²) >= 11 is 0. The van der Waals surface area contributed by atoms with Gasteiger partial charge in [0.2, 0.25) is 0 Å². The highest BCUT2D eigenvalue weighted by molar-refractivity contribution is 4.93. The van der Waals surface area contributed by atoms with Crippen LogP contribution in [-0.2, 0) is 24.1 Å². The molecule has 2 rings (SSSR count). The van der Waals surface area contributed by atoms with Crippen LogP contribution in [0.25, 0.3) is 0 Å². The highest BCUT2D eigenvalue weighted by Crippen LogP contribution is 2.20. The maximum Gasteiger partial charge on any atom is 0.150 e. The molecule has 96 valence electrons. The van der Waals surface area contributed by atoms with Crippen molar-refractivity contribution >= 4 is 0 Å². The zero-order chi connectivity index (χ0) is 12.3. The van der Waals surface area contributed by atoms with Crippen molar-refractivity contribution in [1.82, 2.24) is 14.8 Å². The summed E-state index contributed by atoms with van der Waals surface area (Å²) in [6, 6.07) is 0. The molecule has 2 atom stereocenters. The molecule has 2 N–H and O–H groups in total. The van der Waals surface area contributed by atoms with Crippen molar-refractivity contribution in [3.63, 3.8) is 0 Å². The largest absolute Gasteiger partial charge is 0.372 e. The molecule has 1 aromatic heterocycles. The van der Waals surface area contributed by atoms with Crippen molar-refractivity contribution in [3.8, 4) is 0 Å². The maximum absolute atomic E-state index is 5.84. The Morgan fingerprint density at radius 3 is 2.65 bits per heavy atom. The van der Waals surface area contributed by atoms with Crippen molar-refractivity contribution in [1.29, 1.82) is 0 Å². The van der Waals surface area contributed by atoms with Gasteiger partial charge in [-0.2, -0.15) is 5.10 Å². The van der Waals surface area contributed by atoms with Gasteiger partial charge in [0.15, 0.2) is 5.82 Å². The molecule has 0 spiro atoms. The summed E-state index contributed by atoms with van der Waals surface area (Å²) in [5, 5.41) is 4.51. The molecule has 17 heavy (non-hydrogen) atoms. The summed E-state index contributed by atoms with van der Waals surface area (Å²) in [7, 11) is 0. The fraction of sp³-hybridized carbons (Fsp3) is 0.833. The molecule has 5 heteroatoms. The number of aryl methyl sites for hydroxylation is 2. The van der Waals surface area contributed by atoms with E-state index >= 15 is 0 Å². The van der Waals surface area contributed by atoms with Gasteiger partial charge >= 0.3 is 0 Å². The number of nitrogens with zero attached hydrogens (tertiary/aromatic N) is 3. The zero-order valence-corrected chi connectivity index (χ0v) is 10.7. The Kier molecular flexibility index (Phi) is 4.12. The standard InChI is InChI=1S/C12H22N4O/c1-3-11-14-12(4-2)16(15-11)8-10-6-5-9(7-13)17-10/h9-10H,3-8,13H2,1-2H3. The third kappa shape index (κ3) is 2.84. The number of hydrogen-bond acceptors (Lipinski definition) is 4. The number of rotatable bonds is 5. The lowest BCUT2D eigenvalue weighted by atomic mass is 10.2. The number of ether oxygens (including phenoxy) is 1. The zero-order valence-electron chi connectivity index (χ0n) is 10.7. The van der Waals surface area contributed by atoms with Gasteiger partial charge in [-0.1, -0.05) is 13.8 Å². The minimum absolute atomic E-state index is 0.235. The molecule has 1 saturated heterocycles. The lowest BCUT2D eigenvalue weighted by Gasteiger charge is -2.13. The lowest BCUT2D eigenvalue weighted by molar-refractivity contribution is 0.0380. The van der Waals surface area contributed by atoms with Gasteiger partial charge in [-0.15, -0.1) is 0 Å². The van der Waals surface area contributed by atoms with Crippen molar-refractivity contribution in [3.05, 3.63) is 11.6 Å². The van der Waals surface area contributed by atoms with E-state index in [1.54, 1.807) is 0 Å². The maximum atomic E-state index is 5.84. The Labute approximate surface area is 102 Å². The van der Waals surface area contributed by atoms with E-state index in [0.29, 0.717) is 6.54 Å². The van der Waals surface area contributed by atoms with Crippen LogP contribution in [0, 0.1) is 0 Å². The summed E-state index contributed by atoms with van der Waals surface area (Å²) in [5.41, 5.74) is 5.61. The van der Waals surface area contributed by atoms with Crippen LogP contribution < -0.4 is 5.73 Å². The van der Waals surface area contributed by atoms with Crippen molar-refractivity contribution in [2.75, 3.05) is 6.54 Å². The van der Waals surface area contributed by atoms with Gasteiger partial charge in [-0.05, 0) is 12.8 Å². The second-order valence-corrected chi connectivity index (χ2v) is 4.53. The van der Waals surface area contributed by atoms with Gasteiger partial charge in [0.05, 0.1) is 18.8 Å². The van der Waals surface area contributed by atoms with Crippen LogP contribution in [-0.4, -0.2) is 33.5 Å². The smallest absolute Gasteiger partial charge is 0.150 e. The summed E-state index contributed by atoms with van der Waals surface area (Å²) in [5.74, 6) is 1.98. The Morgan fingerprint density at radius 1 is 1.29 bits per heavy atom. The summed E-state index contributed by atoms with van der Waals surface area (Å²) in [6.45, 7) is 5.62. The SMILES string of the molecule is CCc1nc(CC)n(CC2CCC(CN)O2)n1. The molecule has 0 amide bonds. The van der Waals surface area contributed by atoms with Crippen LogP contribution in [0.4, 0.5) is 0 Å². The molecule has 1 aromatic rings. The van der Waals surface area contributed by atoms with Gasteiger partial charge in [0, 0.05) is 19.4 Å². The minimum Gasteiger partial charge on any atom is -0.372 e. The molecular formula is C12H22N4O. The number of aromatic nitrogens is 3. The lowest BCUT2D eigenvalue weighted by Crippen LogP contribution is -2.23. The van der Waals surface area contributed by atoms with Crippen molar-refractivity contribution in [2.24, 2.45) is 5.73 Å². The van der Waals surface area contributed by atoms with E-state index in [4.69, 9.17) is 10.5 Å². The van der Waals surface area contributed by atoms with Crippen LogP contribution in [0.1, 0.15) is 38.3 Å². The van der Waals surface area contributed by atoms with Gasteiger partial charge < -0.3 is 10.5 Å². The fourth-order valence-corrected chi connectivity index (χ4v) is 2.26. The first-order chi connectivity index (χ1) is 8.26. The summed E-state index contributed by atoms with van der Waals surface area (Å²) in [6.07, 6.45) is 4.43. The van der Waals surface area contributed by atoms with E-state index in [1.807, 2.05) is 4.68 Å². The molecule has 0 saturated carbocycles. The average molecular weight is 238 g/mol. The Hall–Kier alpha value is -0.940. The summed E-state index contributed by atoms with van der Waals surface area (Å²) < 4.78 is 7.85. The van der Waals surface area contributed by atoms with Crippen LogP contribution in [0.2, 0.25) is 0 Å². The predicted molar refractivity (Wildman–Crippen MR) is 65.7 cm³/mol. The predicted octanol–water partition coefficient (Wildman–Crippen LogP) is 0.909. The highest BCUT2D eigenvalue weighted by Gasteiger charge is 2.25. The second kappa shape index (κ2) is 5.60. The minimum atomic E-state index is 0.235. The first-order valence-corrected chi connectivity index (χ1v) is 6.54. The van der Waals surface area contributed by atoms with E-state index in [-0.39, 0.29) is 12.2 Å². The highest BCUT2D eigenvalue weighted by atomic mass is 16.5. The van der Waals surface area contributed by atoms with E-state index in [9.17, 15) is 0 Å². The Bertz CT molecular complexity index is 363. The topological polar surface area (TPSA) is 66.0 Å². The van der Waals surface area contributed by atoms with Crippen LogP contribution in [0.15, 0.2) is 0 Å². The average Bonchev–Trinajstić information content (AvgIpc) is 2.95. The van der Waals surface area contributed by atoms with Crippen molar-refractivity contribution in [2.45, 2.75) is 58.3 Å². The Morgan fingerprint density at radius 2 is 2.06 bits per heavy atom. The molecule has 0 bridgehead atoms. The normalized spacial score (nSPS) is 24.4. The molecular weight excluding hydrogens is 216 g/mol. The van der Waals surface area contributed by atoms with Gasteiger partial charge in [0.1, 0.15) is 5.82 Å². The second-order valence-electron chi connectivity index (χ2n) is 4.53. The van der Waals surface area contributed by atoms with E-state index < -0.39 is 0 Å². The molecule has 0 aromatic carbocycles. The third-order valence-electron chi connectivity index (χ3n) is 3.26. The number of hydrogen-bond donors (Lipinski definition) is 1. The molecule has 1 aliphatic rings. The molecule has 5 nitrogen and oxygen atoms in total. The fourth-order valence-electron chi connectivity index (χ4n) is 2.26. The Balaban J connectivity index is 2.00. The van der Waals surface area contributed by atoms with E-state index in [1.165, 1.54) is 0 Å². The van der Waals surface area contributed by atoms with Crippen LogP contribution >= 0.6 is 0 Å². The monoisotopic (exact) mass is 238 g/mol. The number of nitrogens with two attached hydrogens (primary N) is 1. The van der Waals surface area contributed by atoms with Gasteiger partial charge in [-0.25, -0.2) is 9.67 Å². The van der Waals surface area contributed by atoms with Gasteiger partial charge in [0.25, 0.3) is 0 Å². The van der Waals surface area contributed by atoms with Crippen molar-refractivity contribution < 1.29 is 4.74 Å². The first kappa shape index (κ1) is 12.5. The quantitative estimate of drug-likeness (QED) is 0.828. The molecule has 2 heterocycles. The molecule has 0 aliphatic carbocycles. The first-order valence-electron chi connectivity index (χ1n) is 6.54. The van der Waals surface area contributed by atoms with Crippen LogP contribution in [0.3, 0.4) is 0 Å². The molecule has 1 fully saturated rings. The van der Waals surface area contributed by atoms with E-state index in [0.717, 1.165) is 43.9 Å². The molecule has 1 aliphatic heterocycles. The van der Waals surface area contributed by atoms with Gasteiger partial charge in [-0.3, -0.25) is 0 Å². The van der Waals surface area contributed by atoms with Crippen LogP contribution in [0.5, 0.6) is 0 Å². The molecule has 2 unspecified atom stereocenters. The van der Waals surface area contributed by atoms with E-state index in [2.05, 4.69) is 23.9 Å². The summed E-state index contributed by atoms with van der Waals surface area (Å²) in [4.78, 5) is 4.50. The third-order valence-corrected chi connectivity index (χ3v) is 3.26.